The molecule has 4 aromatic rings. The maximum atomic E-state index is 6.05. The summed E-state index contributed by atoms with van der Waals surface area (Å²) in [7, 11) is 4.06. The van der Waals surface area contributed by atoms with Crippen LogP contribution in [-0.2, 0) is 6.54 Å². The van der Waals surface area contributed by atoms with E-state index in [0.29, 0.717) is 6.54 Å². The molecule has 6 heteroatoms. The zero-order valence-corrected chi connectivity index (χ0v) is 16.0. The van der Waals surface area contributed by atoms with Gasteiger partial charge < -0.3 is 10.2 Å². The highest BCUT2D eigenvalue weighted by Crippen LogP contribution is 2.25. The van der Waals surface area contributed by atoms with E-state index >= 15 is 0 Å². The Bertz CT molecular complexity index is 1090. The van der Waals surface area contributed by atoms with Crippen LogP contribution in [0.25, 0.3) is 16.9 Å². The van der Waals surface area contributed by atoms with E-state index in [4.69, 9.17) is 16.7 Å². The van der Waals surface area contributed by atoms with Gasteiger partial charge in [0, 0.05) is 36.9 Å². The second-order valence-electron chi connectivity index (χ2n) is 6.56. The molecule has 27 heavy (non-hydrogen) atoms. The van der Waals surface area contributed by atoms with Gasteiger partial charge in [0.25, 0.3) is 0 Å². The van der Waals surface area contributed by atoms with Gasteiger partial charge in [-0.2, -0.15) is 0 Å². The van der Waals surface area contributed by atoms with E-state index in [1.807, 2.05) is 67.3 Å². The summed E-state index contributed by atoms with van der Waals surface area (Å²) in [5.74, 6) is 0.783. The number of rotatable bonds is 5. The largest absolute Gasteiger partial charge is 0.378 e. The SMILES string of the molecule is CN(C)c1cccc(-c2cnc3ccc(NCc4cccc(Cl)c4)nn23)c1. The van der Waals surface area contributed by atoms with Crippen LogP contribution in [0.15, 0.2) is 66.9 Å². The van der Waals surface area contributed by atoms with Crippen molar-refractivity contribution in [1.82, 2.24) is 14.6 Å². The molecule has 2 aromatic heterocycles. The summed E-state index contributed by atoms with van der Waals surface area (Å²) in [6.07, 6.45) is 1.86. The highest BCUT2D eigenvalue weighted by atomic mass is 35.5. The van der Waals surface area contributed by atoms with Gasteiger partial charge in [-0.15, -0.1) is 5.10 Å². The Balaban J connectivity index is 1.64. The number of halogens is 1. The van der Waals surface area contributed by atoms with Crippen LogP contribution in [0.5, 0.6) is 0 Å². The van der Waals surface area contributed by atoms with Crippen molar-refractivity contribution < 1.29 is 0 Å². The third-order valence-electron chi connectivity index (χ3n) is 4.38. The lowest BCUT2D eigenvalue weighted by molar-refractivity contribution is 0.931. The summed E-state index contributed by atoms with van der Waals surface area (Å²) >= 11 is 6.05. The van der Waals surface area contributed by atoms with Crippen LogP contribution in [0.3, 0.4) is 0 Å². The number of hydrogen-bond acceptors (Lipinski definition) is 4. The lowest BCUT2D eigenvalue weighted by Crippen LogP contribution is -2.08. The van der Waals surface area contributed by atoms with E-state index in [-0.39, 0.29) is 0 Å². The first-order chi connectivity index (χ1) is 13.1. The van der Waals surface area contributed by atoms with Crippen molar-refractivity contribution in [2.45, 2.75) is 6.54 Å². The minimum atomic E-state index is 0.652. The molecule has 0 unspecified atom stereocenters. The van der Waals surface area contributed by atoms with Gasteiger partial charge in [-0.1, -0.05) is 35.9 Å². The van der Waals surface area contributed by atoms with E-state index in [2.05, 4.69) is 33.4 Å². The normalized spacial score (nSPS) is 10.9. The van der Waals surface area contributed by atoms with Gasteiger partial charge in [-0.05, 0) is 42.0 Å². The zero-order valence-electron chi connectivity index (χ0n) is 15.2. The molecule has 4 rings (SSSR count). The Morgan fingerprint density at radius 2 is 1.89 bits per heavy atom. The van der Waals surface area contributed by atoms with Crippen LogP contribution in [-0.4, -0.2) is 28.7 Å². The number of imidazole rings is 1. The molecule has 0 aliphatic carbocycles. The third kappa shape index (κ3) is 3.73. The second kappa shape index (κ2) is 7.29. The van der Waals surface area contributed by atoms with Crippen molar-refractivity contribution in [1.29, 1.82) is 0 Å². The highest BCUT2D eigenvalue weighted by Gasteiger charge is 2.09. The van der Waals surface area contributed by atoms with Gasteiger partial charge in [0.05, 0.1) is 11.9 Å². The van der Waals surface area contributed by atoms with Crippen molar-refractivity contribution in [2.75, 3.05) is 24.3 Å². The van der Waals surface area contributed by atoms with Gasteiger partial charge in [-0.3, -0.25) is 0 Å². The van der Waals surface area contributed by atoms with Crippen LogP contribution in [0.1, 0.15) is 5.56 Å². The minimum Gasteiger partial charge on any atom is -0.378 e. The number of nitrogens with zero attached hydrogens (tertiary/aromatic N) is 4. The average Bonchev–Trinajstić information content (AvgIpc) is 3.10. The van der Waals surface area contributed by atoms with Crippen LogP contribution >= 0.6 is 11.6 Å². The average molecular weight is 378 g/mol. The Morgan fingerprint density at radius 1 is 1.04 bits per heavy atom. The molecule has 2 heterocycles. The monoisotopic (exact) mass is 377 g/mol. The van der Waals surface area contributed by atoms with Crippen molar-refractivity contribution in [3.8, 4) is 11.3 Å². The molecular formula is C21H20ClN5. The van der Waals surface area contributed by atoms with Crippen molar-refractivity contribution in [3.05, 3.63) is 77.4 Å². The molecule has 0 saturated carbocycles. The van der Waals surface area contributed by atoms with Crippen LogP contribution in [0, 0.1) is 0 Å². The third-order valence-corrected chi connectivity index (χ3v) is 4.62. The Kier molecular flexibility index (Phi) is 4.69. The number of hydrogen-bond donors (Lipinski definition) is 1. The maximum absolute atomic E-state index is 6.05. The molecule has 0 saturated heterocycles. The van der Waals surface area contributed by atoms with Crippen molar-refractivity contribution in [3.63, 3.8) is 0 Å². The molecule has 2 aromatic carbocycles. The first-order valence-corrected chi connectivity index (χ1v) is 9.09. The predicted octanol–water partition coefficient (Wildman–Crippen LogP) is 4.73. The smallest absolute Gasteiger partial charge is 0.154 e. The van der Waals surface area contributed by atoms with Crippen LogP contribution < -0.4 is 10.2 Å². The van der Waals surface area contributed by atoms with Gasteiger partial charge in [0.2, 0.25) is 0 Å². The molecule has 0 radical (unpaired) electrons. The molecule has 136 valence electrons. The van der Waals surface area contributed by atoms with Gasteiger partial charge >= 0.3 is 0 Å². The first kappa shape index (κ1) is 17.4. The standard InChI is InChI=1S/C21H20ClN5/c1-26(2)18-8-4-6-16(12-18)19-14-24-21-10-9-20(25-27(19)21)23-13-15-5-3-7-17(22)11-15/h3-12,14H,13H2,1-2H3,(H,23,25). The number of anilines is 2. The van der Waals surface area contributed by atoms with E-state index in [1.54, 1.807) is 0 Å². The van der Waals surface area contributed by atoms with Crippen LogP contribution in [0.2, 0.25) is 5.02 Å². The topological polar surface area (TPSA) is 45.5 Å². The van der Waals surface area contributed by atoms with Crippen LogP contribution in [0.4, 0.5) is 11.5 Å². The zero-order chi connectivity index (χ0) is 18.8. The molecule has 1 N–H and O–H groups in total. The quantitative estimate of drug-likeness (QED) is 0.546. The molecule has 0 aliphatic heterocycles. The van der Waals surface area contributed by atoms with Crippen molar-refractivity contribution in [2.24, 2.45) is 0 Å². The number of fused-ring (bicyclic) bond motifs is 1. The summed E-state index contributed by atoms with van der Waals surface area (Å²) in [6.45, 7) is 0.652. The molecule has 0 fully saturated rings. The summed E-state index contributed by atoms with van der Waals surface area (Å²) in [6, 6.07) is 20.0. The Morgan fingerprint density at radius 3 is 2.70 bits per heavy atom. The van der Waals surface area contributed by atoms with E-state index in [9.17, 15) is 0 Å². The predicted molar refractivity (Wildman–Crippen MR) is 112 cm³/mol. The fourth-order valence-corrected chi connectivity index (χ4v) is 3.16. The number of aromatic nitrogens is 3. The number of nitrogens with one attached hydrogen (secondary N) is 1. The Labute approximate surface area is 163 Å². The van der Waals surface area contributed by atoms with E-state index < -0.39 is 0 Å². The summed E-state index contributed by atoms with van der Waals surface area (Å²) < 4.78 is 1.87. The molecule has 0 spiro atoms. The summed E-state index contributed by atoms with van der Waals surface area (Å²) in [5.41, 5.74) is 5.09. The maximum Gasteiger partial charge on any atom is 0.154 e. The number of benzene rings is 2. The first-order valence-electron chi connectivity index (χ1n) is 8.71. The summed E-state index contributed by atoms with van der Waals surface area (Å²) in [4.78, 5) is 6.56. The second-order valence-corrected chi connectivity index (χ2v) is 7.00. The van der Waals surface area contributed by atoms with E-state index in [1.165, 1.54) is 0 Å². The fraction of sp³-hybridized carbons (Fsp3) is 0.143. The molecule has 0 bridgehead atoms. The van der Waals surface area contributed by atoms with Gasteiger partial charge in [-0.25, -0.2) is 9.50 Å². The molecule has 0 atom stereocenters. The minimum absolute atomic E-state index is 0.652. The van der Waals surface area contributed by atoms with E-state index in [0.717, 1.165) is 39.0 Å². The molecule has 0 aliphatic rings. The highest BCUT2D eigenvalue weighted by molar-refractivity contribution is 6.30. The molecular weight excluding hydrogens is 358 g/mol. The molecule has 5 nitrogen and oxygen atoms in total. The molecule has 0 amide bonds. The van der Waals surface area contributed by atoms with Crippen molar-refractivity contribution >= 4 is 28.8 Å². The van der Waals surface area contributed by atoms with Gasteiger partial charge in [0.1, 0.15) is 5.82 Å². The Hall–Kier alpha value is -3.05. The fourth-order valence-electron chi connectivity index (χ4n) is 2.95. The lowest BCUT2D eigenvalue weighted by Gasteiger charge is -2.13. The lowest BCUT2D eigenvalue weighted by atomic mass is 10.1. The summed E-state index contributed by atoms with van der Waals surface area (Å²) in [5, 5.41) is 8.80. The van der Waals surface area contributed by atoms with Gasteiger partial charge in [0.15, 0.2) is 5.65 Å².